The predicted octanol–water partition coefficient (Wildman–Crippen LogP) is 6.69. The van der Waals surface area contributed by atoms with E-state index in [0.717, 1.165) is 23.4 Å². The summed E-state index contributed by atoms with van der Waals surface area (Å²) in [6.07, 6.45) is -4.56. The number of benzene rings is 3. The first-order valence-corrected chi connectivity index (χ1v) is 10.8. The molecule has 0 amide bonds. The monoisotopic (exact) mass is 474 g/mol. The fourth-order valence-electron chi connectivity index (χ4n) is 3.84. The van der Waals surface area contributed by atoms with Crippen LogP contribution < -0.4 is 10.1 Å². The molecule has 0 saturated carbocycles. The van der Waals surface area contributed by atoms with Gasteiger partial charge in [0.25, 0.3) is 0 Å². The van der Waals surface area contributed by atoms with Crippen LogP contribution in [0.25, 0.3) is 0 Å². The maximum absolute atomic E-state index is 13.0. The SMILES string of the molecule is CCOc1cccc([C@H]2CC(c3ccc(Cl)cc3)=N[C@@H](c3ccc(C(F)(F)F)cc3)N2)c1O. The van der Waals surface area contributed by atoms with Crippen LogP contribution in [0.3, 0.4) is 0 Å². The van der Waals surface area contributed by atoms with Crippen LogP contribution in [0.2, 0.25) is 5.02 Å². The topological polar surface area (TPSA) is 53.8 Å². The molecule has 0 bridgehead atoms. The summed E-state index contributed by atoms with van der Waals surface area (Å²) in [5.41, 5.74) is 2.09. The summed E-state index contributed by atoms with van der Waals surface area (Å²) in [7, 11) is 0. The Labute approximate surface area is 194 Å². The number of ether oxygens (including phenoxy) is 1. The minimum absolute atomic E-state index is 0.0281. The highest BCUT2D eigenvalue weighted by Crippen LogP contribution is 2.39. The molecule has 8 heteroatoms. The number of alkyl halides is 3. The molecule has 1 aliphatic rings. The summed E-state index contributed by atoms with van der Waals surface area (Å²) in [5.74, 6) is 0.402. The van der Waals surface area contributed by atoms with Crippen molar-refractivity contribution in [2.75, 3.05) is 6.61 Å². The zero-order valence-electron chi connectivity index (χ0n) is 17.7. The van der Waals surface area contributed by atoms with Gasteiger partial charge < -0.3 is 9.84 Å². The van der Waals surface area contributed by atoms with E-state index in [9.17, 15) is 18.3 Å². The van der Waals surface area contributed by atoms with Crippen LogP contribution >= 0.6 is 11.6 Å². The van der Waals surface area contributed by atoms with Crippen LogP contribution in [-0.2, 0) is 6.18 Å². The minimum Gasteiger partial charge on any atom is -0.504 e. The Bertz CT molecular complexity index is 1150. The third-order valence-corrected chi connectivity index (χ3v) is 5.73. The van der Waals surface area contributed by atoms with Gasteiger partial charge in [0.15, 0.2) is 11.5 Å². The zero-order valence-corrected chi connectivity index (χ0v) is 18.5. The second-order valence-electron chi connectivity index (χ2n) is 7.66. The standard InChI is InChI=1S/C25H22ClF3N2O2/c1-2-33-22-5-3-4-19(23(22)32)21-14-20(15-8-12-18(26)13-9-15)30-24(31-21)16-6-10-17(11-7-16)25(27,28)29/h3-13,21,24,31-32H,2,14H2,1H3/t21-,24-/m1/s1. The third-order valence-electron chi connectivity index (χ3n) is 5.48. The molecule has 0 unspecified atom stereocenters. The highest BCUT2D eigenvalue weighted by molar-refractivity contribution is 6.30. The summed E-state index contributed by atoms with van der Waals surface area (Å²) < 4.78 is 44.6. The van der Waals surface area contributed by atoms with Gasteiger partial charge in [-0.2, -0.15) is 13.2 Å². The molecule has 3 aromatic rings. The van der Waals surface area contributed by atoms with Crippen LogP contribution in [-0.4, -0.2) is 17.4 Å². The van der Waals surface area contributed by atoms with Crippen LogP contribution in [0, 0.1) is 0 Å². The van der Waals surface area contributed by atoms with E-state index in [2.05, 4.69) is 5.32 Å². The lowest BCUT2D eigenvalue weighted by atomic mass is 9.93. The molecule has 4 nitrogen and oxygen atoms in total. The van der Waals surface area contributed by atoms with Crippen molar-refractivity contribution in [1.82, 2.24) is 5.32 Å². The van der Waals surface area contributed by atoms with Crippen molar-refractivity contribution in [3.05, 3.63) is 94.0 Å². The van der Waals surface area contributed by atoms with Crippen molar-refractivity contribution in [1.29, 1.82) is 0 Å². The van der Waals surface area contributed by atoms with Crippen LogP contribution in [0.15, 0.2) is 71.7 Å². The maximum atomic E-state index is 13.0. The molecule has 0 saturated heterocycles. The fourth-order valence-corrected chi connectivity index (χ4v) is 3.97. The van der Waals surface area contributed by atoms with Crippen molar-refractivity contribution in [2.45, 2.75) is 31.7 Å². The predicted molar refractivity (Wildman–Crippen MR) is 122 cm³/mol. The van der Waals surface area contributed by atoms with E-state index < -0.39 is 17.9 Å². The first-order valence-electron chi connectivity index (χ1n) is 10.5. The molecule has 0 aromatic heterocycles. The number of halogens is 4. The lowest BCUT2D eigenvalue weighted by Gasteiger charge is -2.31. The molecule has 3 aromatic carbocycles. The summed E-state index contributed by atoms with van der Waals surface area (Å²) >= 11 is 6.03. The number of para-hydroxylation sites is 1. The molecule has 2 atom stereocenters. The highest BCUT2D eigenvalue weighted by Gasteiger charge is 2.32. The van der Waals surface area contributed by atoms with Crippen LogP contribution in [0.5, 0.6) is 11.5 Å². The molecule has 33 heavy (non-hydrogen) atoms. The quantitative estimate of drug-likeness (QED) is 0.433. The van der Waals surface area contributed by atoms with Crippen molar-refractivity contribution in [3.63, 3.8) is 0 Å². The number of nitrogens with one attached hydrogen (secondary N) is 1. The number of phenols is 1. The second kappa shape index (κ2) is 9.45. The second-order valence-corrected chi connectivity index (χ2v) is 8.09. The van der Waals surface area contributed by atoms with Crippen molar-refractivity contribution < 1.29 is 23.0 Å². The first kappa shape index (κ1) is 23.1. The van der Waals surface area contributed by atoms with Crippen molar-refractivity contribution >= 4 is 17.3 Å². The maximum Gasteiger partial charge on any atom is 0.416 e. The van der Waals surface area contributed by atoms with Crippen LogP contribution in [0.1, 0.15) is 47.8 Å². The van der Waals surface area contributed by atoms with Gasteiger partial charge in [0.2, 0.25) is 0 Å². The fraction of sp³-hybridized carbons (Fsp3) is 0.240. The molecule has 0 spiro atoms. The Morgan fingerprint density at radius 1 is 1.06 bits per heavy atom. The Morgan fingerprint density at radius 2 is 1.76 bits per heavy atom. The van der Waals surface area contributed by atoms with E-state index in [1.807, 2.05) is 19.1 Å². The lowest BCUT2D eigenvalue weighted by Crippen LogP contribution is -2.33. The Kier molecular flexibility index (Phi) is 6.63. The largest absolute Gasteiger partial charge is 0.504 e. The van der Waals surface area contributed by atoms with Gasteiger partial charge >= 0.3 is 6.18 Å². The number of aliphatic imine (C=N–C) groups is 1. The Hall–Kier alpha value is -3.03. The molecular formula is C25H22ClF3N2O2. The van der Waals surface area contributed by atoms with Gasteiger partial charge in [-0.1, -0.05) is 48.0 Å². The molecule has 4 rings (SSSR count). The van der Waals surface area contributed by atoms with Gasteiger partial charge in [-0.25, -0.2) is 0 Å². The molecule has 2 N–H and O–H groups in total. The summed E-state index contributed by atoms with van der Waals surface area (Å²) in [4.78, 5) is 4.78. The first-order chi connectivity index (χ1) is 15.8. The van der Waals surface area contributed by atoms with Gasteiger partial charge in [-0.05, 0) is 48.4 Å². The number of nitrogens with zero attached hydrogens (tertiary/aromatic N) is 1. The van der Waals surface area contributed by atoms with Crippen molar-refractivity contribution in [2.24, 2.45) is 4.99 Å². The average Bonchev–Trinajstić information content (AvgIpc) is 2.80. The molecule has 1 heterocycles. The zero-order chi connectivity index (χ0) is 23.6. The minimum atomic E-state index is -4.41. The number of phenolic OH excluding ortho intramolecular Hbond substituents is 1. The number of aromatic hydroxyl groups is 1. The van der Waals surface area contributed by atoms with E-state index in [1.165, 1.54) is 12.1 Å². The molecule has 1 aliphatic heterocycles. The number of rotatable bonds is 5. The summed E-state index contributed by atoms with van der Waals surface area (Å²) in [6, 6.07) is 17.1. The van der Waals surface area contributed by atoms with E-state index in [-0.39, 0.29) is 11.8 Å². The lowest BCUT2D eigenvalue weighted by molar-refractivity contribution is -0.137. The Balaban J connectivity index is 1.73. The van der Waals surface area contributed by atoms with E-state index >= 15 is 0 Å². The molecule has 0 aliphatic carbocycles. The number of hydrogen-bond donors (Lipinski definition) is 2. The van der Waals surface area contributed by atoms with Crippen LogP contribution in [0.4, 0.5) is 13.2 Å². The summed E-state index contributed by atoms with van der Waals surface area (Å²) in [6.45, 7) is 2.23. The van der Waals surface area contributed by atoms with Gasteiger partial charge in [0.05, 0.1) is 12.2 Å². The average molecular weight is 475 g/mol. The van der Waals surface area contributed by atoms with Crippen molar-refractivity contribution in [3.8, 4) is 11.5 Å². The molecule has 172 valence electrons. The highest BCUT2D eigenvalue weighted by atomic mass is 35.5. The normalized spacial score (nSPS) is 18.6. The molecular weight excluding hydrogens is 453 g/mol. The van der Waals surface area contributed by atoms with E-state index in [0.29, 0.717) is 34.9 Å². The Morgan fingerprint density at radius 3 is 2.39 bits per heavy atom. The molecule has 0 fully saturated rings. The summed E-state index contributed by atoms with van der Waals surface area (Å²) in [5, 5.41) is 14.7. The van der Waals surface area contributed by atoms with E-state index in [4.69, 9.17) is 21.3 Å². The van der Waals surface area contributed by atoms with Gasteiger partial charge in [0, 0.05) is 28.8 Å². The third kappa shape index (κ3) is 5.15. The van der Waals surface area contributed by atoms with Gasteiger partial charge in [0.1, 0.15) is 6.17 Å². The van der Waals surface area contributed by atoms with Gasteiger partial charge in [-0.3, -0.25) is 10.3 Å². The molecule has 0 radical (unpaired) electrons. The number of hydrogen-bond acceptors (Lipinski definition) is 4. The van der Waals surface area contributed by atoms with Gasteiger partial charge in [-0.15, -0.1) is 0 Å². The smallest absolute Gasteiger partial charge is 0.416 e. The van der Waals surface area contributed by atoms with E-state index in [1.54, 1.807) is 30.3 Å².